The fourth-order valence-electron chi connectivity index (χ4n) is 2.96. The second-order valence-electron chi connectivity index (χ2n) is 6.05. The molecular weight excluding hydrogens is 368 g/mol. The Balaban J connectivity index is 1.67. The maximum absolute atomic E-state index is 12.8. The lowest BCUT2D eigenvalue weighted by Crippen LogP contribution is -2.33. The van der Waals surface area contributed by atoms with Crippen LogP contribution < -0.4 is 10.9 Å². The van der Waals surface area contributed by atoms with Gasteiger partial charge in [0.05, 0.1) is 5.52 Å². The molecule has 0 bridgehead atoms. The second-order valence-corrected chi connectivity index (χ2v) is 6.49. The molecule has 136 valence electrons. The van der Waals surface area contributed by atoms with Crippen LogP contribution in [0.5, 0.6) is 0 Å². The highest BCUT2D eigenvalue weighted by Crippen LogP contribution is 2.13. The van der Waals surface area contributed by atoms with Crippen LogP contribution in [0.4, 0.5) is 0 Å². The summed E-state index contributed by atoms with van der Waals surface area (Å²) in [7, 11) is 0. The van der Waals surface area contributed by atoms with Crippen LogP contribution in [-0.4, -0.2) is 30.1 Å². The summed E-state index contributed by atoms with van der Waals surface area (Å²) in [5, 5.41) is 11.3. The molecule has 3 heterocycles. The van der Waals surface area contributed by atoms with Gasteiger partial charge >= 0.3 is 0 Å². The Morgan fingerprint density at radius 1 is 1.19 bits per heavy atom. The Kier molecular flexibility index (Phi) is 4.33. The SMILES string of the molecule is Cc1nnc2c(=O)n(CC(=O)NCc3cccc(Cl)c3)c3cccnc3n12. The van der Waals surface area contributed by atoms with E-state index in [4.69, 9.17) is 11.6 Å². The molecule has 0 fully saturated rings. The Bertz CT molecular complexity index is 1230. The van der Waals surface area contributed by atoms with Crippen LogP contribution in [0.25, 0.3) is 16.8 Å². The minimum absolute atomic E-state index is 0.140. The first-order valence-corrected chi connectivity index (χ1v) is 8.63. The number of pyridine rings is 1. The Morgan fingerprint density at radius 2 is 2.04 bits per heavy atom. The van der Waals surface area contributed by atoms with Gasteiger partial charge in [0.15, 0.2) is 5.65 Å². The number of hydrogen-bond donors (Lipinski definition) is 1. The van der Waals surface area contributed by atoms with Crippen molar-refractivity contribution in [3.05, 3.63) is 69.4 Å². The molecule has 1 N–H and O–H groups in total. The third kappa shape index (κ3) is 3.15. The van der Waals surface area contributed by atoms with Gasteiger partial charge in [-0.15, -0.1) is 10.2 Å². The number of hydrogen-bond acceptors (Lipinski definition) is 5. The molecule has 4 rings (SSSR count). The summed E-state index contributed by atoms with van der Waals surface area (Å²) in [4.78, 5) is 29.6. The third-order valence-electron chi connectivity index (χ3n) is 4.21. The van der Waals surface area contributed by atoms with Gasteiger partial charge in [-0.05, 0) is 36.8 Å². The number of fused-ring (bicyclic) bond motifs is 3. The van der Waals surface area contributed by atoms with Gasteiger partial charge in [-0.1, -0.05) is 23.7 Å². The molecule has 1 aromatic carbocycles. The molecule has 0 saturated heterocycles. The van der Waals surface area contributed by atoms with E-state index < -0.39 is 5.56 Å². The van der Waals surface area contributed by atoms with Crippen molar-refractivity contribution >= 4 is 34.3 Å². The molecule has 9 heteroatoms. The normalized spacial score (nSPS) is 11.2. The highest BCUT2D eigenvalue weighted by molar-refractivity contribution is 6.30. The molecule has 0 aliphatic heterocycles. The first kappa shape index (κ1) is 17.2. The molecule has 3 aromatic heterocycles. The highest BCUT2D eigenvalue weighted by atomic mass is 35.5. The van der Waals surface area contributed by atoms with Crippen molar-refractivity contribution in [3.63, 3.8) is 0 Å². The zero-order valence-corrected chi connectivity index (χ0v) is 15.1. The van der Waals surface area contributed by atoms with Gasteiger partial charge in [-0.2, -0.15) is 0 Å². The van der Waals surface area contributed by atoms with E-state index in [2.05, 4.69) is 20.5 Å². The average molecular weight is 383 g/mol. The van der Waals surface area contributed by atoms with Crippen LogP contribution in [0, 0.1) is 6.92 Å². The summed E-state index contributed by atoms with van der Waals surface area (Å²) in [6.45, 7) is 1.91. The topological polar surface area (TPSA) is 94.2 Å². The number of carbonyl (C=O) groups excluding carboxylic acids is 1. The molecule has 0 spiro atoms. The van der Waals surface area contributed by atoms with E-state index >= 15 is 0 Å². The van der Waals surface area contributed by atoms with Gasteiger partial charge in [0.2, 0.25) is 11.6 Å². The molecule has 0 radical (unpaired) electrons. The van der Waals surface area contributed by atoms with Crippen LogP contribution in [0.2, 0.25) is 5.02 Å². The van der Waals surface area contributed by atoms with Gasteiger partial charge in [0, 0.05) is 17.8 Å². The predicted octanol–water partition coefficient (Wildman–Crippen LogP) is 1.72. The van der Waals surface area contributed by atoms with E-state index in [1.165, 1.54) is 4.57 Å². The van der Waals surface area contributed by atoms with Crippen LogP contribution in [0.3, 0.4) is 0 Å². The number of aromatic nitrogens is 5. The van der Waals surface area contributed by atoms with Crippen molar-refractivity contribution in [2.75, 3.05) is 0 Å². The quantitative estimate of drug-likeness (QED) is 0.580. The van der Waals surface area contributed by atoms with Crippen LogP contribution >= 0.6 is 11.6 Å². The van der Waals surface area contributed by atoms with Crippen molar-refractivity contribution < 1.29 is 4.79 Å². The molecule has 8 nitrogen and oxygen atoms in total. The molecule has 0 atom stereocenters. The lowest BCUT2D eigenvalue weighted by Gasteiger charge is -2.11. The average Bonchev–Trinajstić information content (AvgIpc) is 3.05. The zero-order chi connectivity index (χ0) is 19.0. The molecule has 0 saturated carbocycles. The van der Waals surface area contributed by atoms with Gasteiger partial charge in [-0.3, -0.25) is 18.6 Å². The number of benzene rings is 1. The third-order valence-corrected chi connectivity index (χ3v) is 4.45. The molecule has 27 heavy (non-hydrogen) atoms. The van der Waals surface area contributed by atoms with Crippen LogP contribution in [-0.2, 0) is 17.9 Å². The first-order chi connectivity index (χ1) is 13.0. The number of nitrogens with one attached hydrogen (secondary N) is 1. The van der Waals surface area contributed by atoms with E-state index in [9.17, 15) is 9.59 Å². The summed E-state index contributed by atoms with van der Waals surface area (Å²) < 4.78 is 2.96. The maximum Gasteiger partial charge on any atom is 0.297 e. The van der Waals surface area contributed by atoms with Gasteiger partial charge in [0.1, 0.15) is 12.4 Å². The summed E-state index contributed by atoms with van der Waals surface area (Å²) in [6, 6.07) is 10.7. The van der Waals surface area contributed by atoms with Gasteiger partial charge < -0.3 is 5.32 Å². The molecule has 0 unspecified atom stereocenters. The Hall–Kier alpha value is -3.26. The van der Waals surface area contributed by atoms with Gasteiger partial charge in [-0.25, -0.2) is 4.98 Å². The number of nitrogens with zero attached hydrogens (tertiary/aromatic N) is 5. The summed E-state index contributed by atoms with van der Waals surface area (Å²) in [5.41, 5.74) is 1.68. The van der Waals surface area contributed by atoms with Crippen molar-refractivity contribution in [2.45, 2.75) is 20.0 Å². The van der Waals surface area contributed by atoms with E-state index in [0.29, 0.717) is 28.6 Å². The lowest BCUT2D eigenvalue weighted by molar-refractivity contribution is -0.121. The largest absolute Gasteiger partial charge is 0.350 e. The van der Waals surface area contributed by atoms with Crippen molar-refractivity contribution in [2.24, 2.45) is 0 Å². The molecule has 1 amide bonds. The summed E-state index contributed by atoms with van der Waals surface area (Å²) in [6.07, 6.45) is 1.62. The second kappa shape index (κ2) is 6.81. The maximum atomic E-state index is 12.8. The first-order valence-electron chi connectivity index (χ1n) is 8.25. The van der Waals surface area contributed by atoms with Gasteiger partial charge in [0.25, 0.3) is 5.56 Å². The Morgan fingerprint density at radius 3 is 2.85 bits per heavy atom. The van der Waals surface area contributed by atoms with E-state index in [-0.39, 0.29) is 18.1 Å². The lowest BCUT2D eigenvalue weighted by atomic mass is 10.2. The minimum atomic E-state index is -0.394. The van der Waals surface area contributed by atoms with Crippen LogP contribution in [0.1, 0.15) is 11.4 Å². The highest BCUT2D eigenvalue weighted by Gasteiger charge is 2.17. The van der Waals surface area contributed by atoms with Crippen molar-refractivity contribution in [1.29, 1.82) is 0 Å². The standard InChI is InChI=1S/C18H15ClN6O2/c1-11-22-23-17-18(27)24(14-6-3-7-20-16(14)25(11)17)10-15(26)21-9-12-4-2-5-13(19)8-12/h2-8H,9-10H2,1H3,(H,21,26). The number of rotatable bonds is 4. The minimum Gasteiger partial charge on any atom is -0.350 e. The van der Waals surface area contributed by atoms with Crippen molar-refractivity contribution in [1.82, 2.24) is 29.5 Å². The monoisotopic (exact) mass is 382 g/mol. The van der Waals surface area contributed by atoms with E-state index in [1.807, 2.05) is 12.1 Å². The molecule has 0 aliphatic carbocycles. The fraction of sp³-hybridized carbons (Fsp3) is 0.167. The molecule has 0 aliphatic rings. The number of amides is 1. The summed E-state index contributed by atoms with van der Waals surface area (Å²) in [5.74, 6) is 0.256. The zero-order valence-electron chi connectivity index (χ0n) is 14.4. The van der Waals surface area contributed by atoms with E-state index in [1.54, 1.807) is 41.8 Å². The number of carbonyl (C=O) groups is 1. The molecular formula is C18H15ClN6O2. The van der Waals surface area contributed by atoms with E-state index in [0.717, 1.165) is 5.56 Å². The van der Waals surface area contributed by atoms with Crippen molar-refractivity contribution in [3.8, 4) is 0 Å². The number of halogens is 1. The predicted molar refractivity (Wildman–Crippen MR) is 101 cm³/mol. The van der Waals surface area contributed by atoms with Crippen LogP contribution in [0.15, 0.2) is 47.4 Å². The summed E-state index contributed by atoms with van der Waals surface area (Å²) >= 11 is 5.95. The smallest absolute Gasteiger partial charge is 0.297 e. The molecule has 4 aromatic rings. The Labute approximate surface area is 158 Å². The fourth-order valence-corrected chi connectivity index (χ4v) is 3.17. The number of aryl methyl sites for hydroxylation is 1.